The van der Waals surface area contributed by atoms with Crippen molar-refractivity contribution in [2.24, 2.45) is 0 Å². The molecule has 0 aliphatic rings. The van der Waals surface area contributed by atoms with Gasteiger partial charge in [0.1, 0.15) is 17.7 Å². The van der Waals surface area contributed by atoms with Crippen LogP contribution in [0.4, 0.5) is 0 Å². The third-order valence-corrected chi connectivity index (χ3v) is 5.89. The van der Waals surface area contributed by atoms with Gasteiger partial charge >= 0.3 is 5.69 Å². The van der Waals surface area contributed by atoms with E-state index in [-0.39, 0.29) is 11.1 Å². The summed E-state index contributed by atoms with van der Waals surface area (Å²) in [7, 11) is 0. The van der Waals surface area contributed by atoms with Gasteiger partial charge in [-0.05, 0) is 35.1 Å². The molecule has 0 atom stereocenters. The van der Waals surface area contributed by atoms with Gasteiger partial charge in [0.25, 0.3) is 0 Å². The molecule has 0 aliphatic carbocycles. The monoisotopic (exact) mass is 457 g/mol. The molecule has 6 heteroatoms. The number of aryl methyl sites for hydroxylation is 1. The molecular weight excluding hydrogens is 434 g/mol. The van der Waals surface area contributed by atoms with Gasteiger partial charge in [-0.1, -0.05) is 68.8 Å². The lowest BCUT2D eigenvalue weighted by Gasteiger charge is -2.22. The first kappa shape index (κ1) is 22.6. The molecule has 2 aromatic carbocycles. The molecule has 0 saturated heterocycles. The van der Waals surface area contributed by atoms with Crippen molar-refractivity contribution >= 4 is 22.5 Å². The molecule has 0 bridgehead atoms. The molecule has 0 fully saturated rings. The van der Waals surface area contributed by atoms with Gasteiger partial charge in [0.05, 0.1) is 11.2 Å². The summed E-state index contributed by atoms with van der Waals surface area (Å²) in [6, 6.07) is 19.1. The molecule has 0 aliphatic heterocycles. The van der Waals surface area contributed by atoms with Crippen molar-refractivity contribution in [2.45, 2.75) is 39.7 Å². The molecule has 0 unspecified atom stereocenters. The van der Waals surface area contributed by atoms with E-state index < -0.39 is 0 Å². The maximum Gasteiger partial charge on any atom is 0.307 e. The van der Waals surface area contributed by atoms with Gasteiger partial charge in [0, 0.05) is 22.7 Å². The van der Waals surface area contributed by atoms with Gasteiger partial charge in [-0.2, -0.15) is 9.99 Å². The highest BCUT2D eigenvalue weighted by molar-refractivity contribution is 6.31. The maximum atomic E-state index is 12.3. The summed E-state index contributed by atoms with van der Waals surface area (Å²) in [6.07, 6.45) is 1.29. The van der Waals surface area contributed by atoms with Crippen LogP contribution in [-0.4, -0.2) is 4.98 Å². The number of nitrogens with zero attached hydrogens (tertiary/aromatic N) is 3. The maximum absolute atomic E-state index is 12.3. The zero-order valence-electron chi connectivity index (χ0n) is 19.0. The van der Waals surface area contributed by atoms with Gasteiger partial charge in [-0.3, -0.25) is 0 Å². The zero-order chi connectivity index (χ0) is 23.8. The van der Waals surface area contributed by atoms with E-state index in [0.29, 0.717) is 38.7 Å². The molecule has 5 nitrogen and oxygen atoms in total. The number of hydrogen-bond acceptors (Lipinski definition) is 4. The molecule has 0 N–H and O–H groups in total. The molecule has 0 radical (unpaired) electrons. The second-order valence-corrected chi connectivity index (χ2v) is 9.45. The summed E-state index contributed by atoms with van der Waals surface area (Å²) < 4.78 is 6.68. The minimum atomic E-state index is -0.0927. The molecule has 4 rings (SSSR count). The van der Waals surface area contributed by atoms with Crippen molar-refractivity contribution in [3.63, 3.8) is 0 Å². The van der Waals surface area contributed by atoms with E-state index in [1.165, 1.54) is 6.20 Å². The number of ether oxygens (including phenoxy) is 1. The number of aromatic nitrogens is 2. The lowest BCUT2D eigenvalue weighted by molar-refractivity contribution is -0.606. The van der Waals surface area contributed by atoms with Crippen molar-refractivity contribution in [1.29, 1.82) is 5.26 Å². The first-order chi connectivity index (χ1) is 15.7. The van der Waals surface area contributed by atoms with Crippen LogP contribution in [0.3, 0.4) is 0 Å². The molecule has 0 amide bonds. The Morgan fingerprint density at radius 2 is 1.85 bits per heavy atom. The van der Waals surface area contributed by atoms with E-state index in [2.05, 4.69) is 26.8 Å². The molecule has 166 valence electrons. The quantitative estimate of drug-likeness (QED) is 0.268. The standard InChI is InChI=1S/C27H24ClN3O2/c1-17-12-20(27(2,3)4)21(28)13-19(17)23-14-25(33-16-18-8-6-5-7-9-18)26-22(30-23)10-11-31(32)24(26)15-29/h5-14H,16H2,1-4H3. The summed E-state index contributed by atoms with van der Waals surface area (Å²) in [5, 5.41) is 23.0. The van der Waals surface area contributed by atoms with Gasteiger partial charge in [-0.25, -0.2) is 4.98 Å². The topological polar surface area (TPSA) is 72.8 Å². The van der Waals surface area contributed by atoms with Crippen molar-refractivity contribution in [1.82, 2.24) is 4.98 Å². The van der Waals surface area contributed by atoms with E-state index >= 15 is 0 Å². The highest BCUT2D eigenvalue weighted by Gasteiger charge is 2.22. The molecule has 2 aromatic heterocycles. The van der Waals surface area contributed by atoms with Crippen LogP contribution in [0.2, 0.25) is 5.02 Å². The van der Waals surface area contributed by atoms with Crippen LogP contribution in [0.25, 0.3) is 22.2 Å². The number of rotatable bonds is 4. The molecular formula is C27H24ClN3O2. The SMILES string of the molecule is Cc1cc(C(C)(C)C)c(Cl)cc1-c1cc(OCc2ccccc2)c2c(C#N)[n+]([O-])ccc2n1. The molecule has 2 heterocycles. The van der Waals surface area contributed by atoms with Crippen molar-refractivity contribution < 1.29 is 9.47 Å². The van der Waals surface area contributed by atoms with Crippen molar-refractivity contribution in [3.8, 4) is 23.1 Å². The predicted molar refractivity (Wildman–Crippen MR) is 130 cm³/mol. The fourth-order valence-electron chi connectivity index (χ4n) is 3.85. The van der Waals surface area contributed by atoms with Crippen molar-refractivity contribution in [2.75, 3.05) is 0 Å². The van der Waals surface area contributed by atoms with Gasteiger partial charge in [0.15, 0.2) is 12.3 Å². The Morgan fingerprint density at radius 1 is 1.12 bits per heavy atom. The molecule has 0 saturated carbocycles. The van der Waals surface area contributed by atoms with Crippen LogP contribution in [0, 0.1) is 23.5 Å². The van der Waals surface area contributed by atoms with Gasteiger partial charge in [-0.15, -0.1) is 0 Å². The largest absolute Gasteiger partial charge is 0.618 e. The van der Waals surface area contributed by atoms with Crippen LogP contribution in [-0.2, 0) is 12.0 Å². The Hall–Kier alpha value is -3.62. The van der Waals surface area contributed by atoms with E-state index in [4.69, 9.17) is 21.3 Å². The summed E-state index contributed by atoms with van der Waals surface area (Å²) in [5.41, 5.74) is 4.97. The fourth-order valence-corrected chi connectivity index (χ4v) is 4.29. The first-order valence-electron chi connectivity index (χ1n) is 10.6. The van der Waals surface area contributed by atoms with Crippen LogP contribution in [0.1, 0.15) is 43.2 Å². The third-order valence-electron chi connectivity index (χ3n) is 5.58. The first-order valence-corrected chi connectivity index (χ1v) is 11.0. The Kier molecular flexibility index (Phi) is 5.97. The number of hydrogen-bond donors (Lipinski definition) is 0. The molecule has 33 heavy (non-hydrogen) atoms. The lowest BCUT2D eigenvalue weighted by Crippen LogP contribution is -2.30. The Morgan fingerprint density at radius 3 is 2.52 bits per heavy atom. The van der Waals surface area contributed by atoms with Crippen LogP contribution >= 0.6 is 11.6 Å². The van der Waals surface area contributed by atoms with E-state index in [9.17, 15) is 10.5 Å². The van der Waals surface area contributed by atoms with Crippen LogP contribution < -0.4 is 9.47 Å². The fraction of sp³-hybridized carbons (Fsp3) is 0.222. The number of fused-ring (bicyclic) bond motifs is 1. The average molecular weight is 458 g/mol. The number of halogens is 1. The zero-order valence-corrected chi connectivity index (χ0v) is 19.8. The second kappa shape index (κ2) is 8.73. The van der Waals surface area contributed by atoms with E-state index in [1.807, 2.05) is 49.4 Å². The second-order valence-electron chi connectivity index (χ2n) is 9.04. The summed E-state index contributed by atoms with van der Waals surface area (Å²) in [5.74, 6) is 0.427. The van der Waals surface area contributed by atoms with Crippen molar-refractivity contribution in [3.05, 3.63) is 93.4 Å². The Balaban J connectivity index is 1.90. The summed E-state index contributed by atoms with van der Waals surface area (Å²) in [4.78, 5) is 4.76. The highest BCUT2D eigenvalue weighted by atomic mass is 35.5. The summed E-state index contributed by atoms with van der Waals surface area (Å²) >= 11 is 6.66. The minimum Gasteiger partial charge on any atom is -0.618 e. The smallest absolute Gasteiger partial charge is 0.307 e. The highest BCUT2D eigenvalue weighted by Crippen LogP contribution is 2.37. The Bertz CT molecular complexity index is 1390. The minimum absolute atomic E-state index is 0.0487. The van der Waals surface area contributed by atoms with Crippen LogP contribution in [0.5, 0.6) is 5.75 Å². The van der Waals surface area contributed by atoms with E-state index in [0.717, 1.165) is 22.3 Å². The molecule has 0 spiro atoms. The van der Waals surface area contributed by atoms with Gasteiger partial charge < -0.3 is 9.94 Å². The average Bonchev–Trinajstić information content (AvgIpc) is 2.78. The number of nitriles is 1. The number of benzene rings is 2. The lowest BCUT2D eigenvalue weighted by atomic mass is 9.85. The Labute approximate surface area is 198 Å². The number of pyridine rings is 2. The van der Waals surface area contributed by atoms with Crippen LogP contribution in [0.15, 0.2) is 60.8 Å². The predicted octanol–water partition coefficient (Wildman–Crippen LogP) is 6.25. The molecule has 4 aromatic rings. The summed E-state index contributed by atoms with van der Waals surface area (Å²) in [6.45, 7) is 8.69. The van der Waals surface area contributed by atoms with Gasteiger partial charge in [0.2, 0.25) is 0 Å². The third kappa shape index (κ3) is 4.48. The normalized spacial score (nSPS) is 11.4. The van der Waals surface area contributed by atoms with E-state index in [1.54, 1.807) is 12.1 Å².